The van der Waals surface area contributed by atoms with Gasteiger partial charge in [0, 0.05) is 32.1 Å². The smallest absolute Gasteiger partial charge is 0.193 e. The van der Waals surface area contributed by atoms with Crippen LogP contribution in [0.15, 0.2) is 34.2 Å². The fourth-order valence-electron chi connectivity index (χ4n) is 2.35. The van der Waals surface area contributed by atoms with Crippen molar-refractivity contribution in [2.75, 3.05) is 40.4 Å². The van der Waals surface area contributed by atoms with E-state index in [-0.39, 0.29) is 0 Å². The maximum Gasteiger partial charge on any atom is 0.193 e. The monoisotopic (exact) mass is 307 g/mol. The lowest BCUT2D eigenvalue weighted by atomic mass is 10.1. The van der Waals surface area contributed by atoms with Crippen molar-refractivity contribution in [1.29, 1.82) is 0 Å². The first kappa shape index (κ1) is 16.0. The molecule has 1 aliphatic rings. The van der Waals surface area contributed by atoms with E-state index in [2.05, 4.69) is 45.8 Å². The summed E-state index contributed by atoms with van der Waals surface area (Å²) in [5, 5.41) is 5.57. The van der Waals surface area contributed by atoms with Crippen LogP contribution in [0.3, 0.4) is 0 Å². The van der Waals surface area contributed by atoms with Crippen LogP contribution < -0.4 is 5.32 Å². The molecule has 1 N–H and O–H groups in total. The molecule has 0 radical (unpaired) electrons. The quantitative estimate of drug-likeness (QED) is 0.498. The minimum atomic E-state index is 0.769. The predicted octanol–water partition coefficient (Wildman–Crippen LogP) is 2.53. The summed E-state index contributed by atoms with van der Waals surface area (Å²) in [6.45, 7) is 3.55. The van der Waals surface area contributed by atoms with Crippen molar-refractivity contribution in [3.8, 4) is 0 Å². The van der Waals surface area contributed by atoms with Crippen molar-refractivity contribution in [2.24, 2.45) is 4.99 Å². The molecular weight excluding hydrogens is 282 g/mol. The number of rotatable bonds is 6. The minimum Gasteiger partial charge on any atom is -0.377 e. The summed E-state index contributed by atoms with van der Waals surface area (Å²) in [4.78, 5) is 7.97. The average Bonchev–Trinajstić information content (AvgIpc) is 3.04. The molecule has 1 aliphatic heterocycles. The fraction of sp³-hybridized carbons (Fsp3) is 0.562. The molecule has 0 spiro atoms. The molecule has 0 bridgehead atoms. The van der Waals surface area contributed by atoms with Crippen LogP contribution in [0, 0.1) is 0 Å². The van der Waals surface area contributed by atoms with Gasteiger partial charge in [0.25, 0.3) is 0 Å². The Balaban J connectivity index is 1.70. The lowest BCUT2D eigenvalue weighted by molar-refractivity contribution is 0.153. The molecule has 2 rings (SSSR count). The number of hydrogen-bond donors (Lipinski definition) is 1. The van der Waals surface area contributed by atoms with Crippen LogP contribution in [-0.4, -0.2) is 51.3 Å². The number of nitrogens with zero attached hydrogens (tertiary/aromatic N) is 2. The molecule has 0 fully saturated rings. The van der Waals surface area contributed by atoms with Gasteiger partial charge in [-0.15, -0.1) is 11.3 Å². The summed E-state index contributed by atoms with van der Waals surface area (Å²) in [5.41, 5.74) is 1.49. The third kappa shape index (κ3) is 5.52. The van der Waals surface area contributed by atoms with Gasteiger partial charge in [-0.2, -0.15) is 0 Å². The Hall–Kier alpha value is -1.33. The Morgan fingerprint density at radius 1 is 1.48 bits per heavy atom. The second-order valence-electron chi connectivity index (χ2n) is 5.16. The van der Waals surface area contributed by atoms with Crippen LogP contribution >= 0.6 is 11.3 Å². The van der Waals surface area contributed by atoms with E-state index in [0.717, 1.165) is 51.5 Å². The lowest BCUT2D eigenvalue weighted by Gasteiger charge is -2.22. The molecule has 21 heavy (non-hydrogen) atoms. The zero-order chi connectivity index (χ0) is 14.9. The van der Waals surface area contributed by atoms with Gasteiger partial charge in [-0.3, -0.25) is 4.99 Å². The summed E-state index contributed by atoms with van der Waals surface area (Å²) in [5.74, 6) is 0.971. The number of thiophene rings is 1. The average molecular weight is 307 g/mol. The number of guanidine groups is 1. The highest BCUT2D eigenvalue weighted by molar-refractivity contribution is 7.09. The zero-order valence-electron chi connectivity index (χ0n) is 13.0. The Labute approximate surface area is 131 Å². The van der Waals surface area contributed by atoms with Crippen molar-refractivity contribution in [3.05, 3.63) is 34.0 Å². The molecule has 1 aromatic heterocycles. The normalized spacial score (nSPS) is 15.7. The SMILES string of the molecule is CN=C(NCCC1=CCOCC1)N(C)CCc1cccs1. The molecule has 0 atom stereocenters. The molecule has 5 heteroatoms. The van der Waals surface area contributed by atoms with E-state index in [0.29, 0.717) is 0 Å². The zero-order valence-corrected chi connectivity index (χ0v) is 13.8. The Morgan fingerprint density at radius 3 is 3.05 bits per heavy atom. The molecule has 4 nitrogen and oxygen atoms in total. The first-order valence-corrected chi connectivity index (χ1v) is 8.37. The Morgan fingerprint density at radius 2 is 2.38 bits per heavy atom. The lowest BCUT2D eigenvalue weighted by Crippen LogP contribution is -2.40. The standard InChI is InChI=1S/C16H25N3OS/c1-17-16(18-9-5-14-7-11-20-12-8-14)19(2)10-6-15-4-3-13-21-15/h3-4,7,13H,5-6,8-12H2,1-2H3,(H,17,18). The van der Waals surface area contributed by atoms with Gasteiger partial charge in [0.05, 0.1) is 13.2 Å². The second kappa shape index (κ2) is 8.85. The van der Waals surface area contributed by atoms with Gasteiger partial charge in [0.2, 0.25) is 0 Å². The highest BCUT2D eigenvalue weighted by Gasteiger charge is 2.07. The first-order valence-electron chi connectivity index (χ1n) is 7.49. The molecule has 0 aromatic carbocycles. The van der Waals surface area contributed by atoms with Crippen LogP contribution in [0.5, 0.6) is 0 Å². The summed E-state index contributed by atoms with van der Waals surface area (Å²) in [7, 11) is 3.94. The van der Waals surface area contributed by atoms with Gasteiger partial charge >= 0.3 is 0 Å². The first-order chi connectivity index (χ1) is 10.3. The van der Waals surface area contributed by atoms with Crippen molar-refractivity contribution in [2.45, 2.75) is 19.3 Å². The van der Waals surface area contributed by atoms with Crippen LogP contribution in [0.1, 0.15) is 17.7 Å². The van der Waals surface area contributed by atoms with Crippen LogP contribution in [0.25, 0.3) is 0 Å². The van der Waals surface area contributed by atoms with Crippen molar-refractivity contribution < 1.29 is 4.74 Å². The van der Waals surface area contributed by atoms with Crippen molar-refractivity contribution in [1.82, 2.24) is 10.2 Å². The van der Waals surface area contributed by atoms with Crippen LogP contribution in [-0.2, 0) is 11.2 Å². The summed E-state index contributed by atoms with van der Waals surface area (Å²) >= 11 is 1.81. The number of aliphatic imine (C=N–C) groups is 1. The van der Waals surface area contributed by atoms with E-state index < -0.39 is 0 Å². The van der Waals surface area contributed by atoms with E-state index in [1.54, 1.807) is 0 Å². The van der Waals surface area contributed by atoms with Crippen LogP contribution in [0.2, 0.25) is 0 Å². The second-order valence-corrected chi connectivity index (χ2v) is 6.19. The topological polar surface area (TPSA) is 36.9 Å². The highest BCUT2D eigenvalue weighted by Crippen LogP contribution is 2.11. The van der Waals surface area contributed by atoms with Crippen molar-refractivity contribution >= 4 is 17.3 Å². The van der Waals surface area contributed by atoms with E-state index >= 15 is 0 Å². The van der Waals surface area contributed by atoms with E-state index in [4.69, 9.17) is 4.74 Å². The third-order valence-corrected chi connectivity index (χ3v) is 4.57. The summed E-state index contributed by atoms with van der Waals surface area (Å²) < 4.78 is 5.33. The van der Waals surface area contributed by atoms with Crippen molar-refractivity contribution in [3.63, 3.8) is 0 Å². The molecule has 116 valence electrons. The molecule has 0 saturated carbocycles. The van der Waals surface area contributed by atoms with Crippen LogP contribution in [0.4, 0.5) is 0 Å². The highest BCUT2D eigenvalue weighted by atomic mass is 32.1. The van der Waals surface area contributed by atoms with E-state index in [1.165, 1.54) is 10.5 Å². The fourth-order valence-corrected chi connectivity index (χ4v) is 3.05. The van der Waals surface area contributed by atoms with E-state index in [9.17, 15) is 0 Å². The molecular formula is C16H25N3OS. The molecule has 1 aromatic rings. The van der Waals surface area contributed by atoms with Gasteiger partial charge < -0.3 is 15.0 Å². The molecule has 0 amide bonds. The third-order valence-electron chi connectivity index (χ3n) is 3.63. The largest absolute Gasteiger partial charge is 0.377 e. The number of hydrogen-bond acceptors (Lipinski definition) is 3. The van der Waals surface area contributed by atoms with Gasteiger partial charge in [-0.1, -0.05) is 17.7 Å². The number of nitrogens with one attached hydrogen (secondary N) is 1. The summed E-state index contributed by atoms with van der Waals surface area (Å²) in [6.07, 6.45) is 5.40. The van der Waals surface area contributed by atoms with Gasteiger partial charge in [-0.25, -0.2) is 0 Å². The Kier molecular flexibility index (Phi) is 6.76. The summed E-state index contributed by atoms with van der Waals surface area (Å²) in [6, 6.07) is 4.29. The molecule has 0 aliphatic carbocycles. The predicted molar refractivity (Wildman–Crippen MR) is 90.2 cm³/mol. The number of ether oxygens (including phenoxy) is 1. The number of likely N-dealkylation sites (N-methyl/N-ethyl adjacent to an activating group) is 1. The van der Waals surface area contributed by atoms with E-state index in [1.807, 2.05) is 18.4 Å². The Bertz CT molecular complexity index is 468. The van der Waals surface area contributed by atoms with Gasteiger partial charge in [-0.05, 0) is 30.7 Å². The van der Waals surface area contributed by atoms with Gasteiger partial charge in [0.1, 0.15) is 0 Å². The maximum absolute atomic E-state index is 5.33. The van der Waals surface area contributed by atoms with Gasteiger partial charge in [0.15, 0.2) is 5.96 Å². The molecule has 0 saturated heterocycles. The minimum absolute atomic E-state index is 0.769. The maximum atomic E-state index is 5.33. The molecule has 0 unspecified atom stereocenters. The molecule has 2 heterocycles.